The number of carboxylic acid groups (broad SMARTS) is 1. The van der Waals surface area contributed by atoms with Crippen LogP contribution in [0.3, 0.4) is 0 Å². The molecule has 1 heterocycles. The van der Waals surface area contributed by atoms with E-state index in [0.29, 0.717) is 30.7 Å². The number of likely N-dealkylation sites (tertiary alicyclic amines) is 1. The summed E-state index contributed by atoms with van der Waals surface area (Å²) in [5.41, 5.74) is 11.2. The Morgan fingerprint density at radius 1 is 1.33 bits per heavy atom. The summed E-state index contributed by atoms with van der Waals surface area (Å²) in [5, 5.41) is 9.04. The van der Waals surface area contributed by atoms with E-state index in [0.717, 1.165) is 0 Å². The Morgan fingerprint density at radius 2 is 1.96 bits per heavy atom. The molecule has 0 aromatic carbocycles. The molecule has 3 unspecified atom stereocenters. The lowest BCUT2D eigenvalue weighted by atomic mass is 9.98. The van der Waals surface area contributed by atoms with Crippen LogP contribution in [0.25, 0.3) is 0 Å². The van der Waals surface area contributed by atoms with E-state index in [4.69, 9.17) is 16.6 Å². The summed E-state index contributed by atoms with van der Waals surface area (Å²) in [6.45, 7) is 2.94. The van der Waals surface area contributed by atoms with Crippen LogP contribution in [-0.4, -0.2) is 70.3 Å². The quantitative estimate of drug-likeness (QED) is 0.523. The summed E-state index contributed by atoms with van der Waals surface area (Å²) in [7, 11) is 0. The van der Waals surface area contributed by atoms with Crippen molar-refractivity contribution in [2.75, 3.05) is 19.6 Å². The van der Waals surface area contributed by atoms with E-state index in [1.165, 1.54) is 4.90 Å². The molecule has 1 aliphatic rings. The van der Waals surface area contributed by atoms with Crippen LogP contribution in [0.2, 0.25) is 0 Å². The minimum Gasteiger partial charge on any atom is -0.480 e. The second-order valence-electron chi connectivity index (χ2n) is 6.02. The Balaban J connectivity index is 3.02. The van der Waals surface area contributed by atoms with Crippen LogP contribution < -0.4 is 11.5 Å². The van der Waals surface area contributed by atoms with Gasteiger partial charge >= 0.3 is 5.97 Å². The summed E-state index contributed by atoms with van der Waals surface area (Å²) >= 11 is 0. The number of nitrogens with two attached hydrogens (primary N) is 2. The van der Waals surface area contributed by atoms with Gasteiger partial charge in [-0.1, -0.05) is 20.3 Å². The van der Waals surface area contributed by atoms with Crippen molar-refractivity contribution in [2.45, 2.75) is 45.2 Å². The standard InChI is InChI=1S/C15H26N4O5/c1-3-9(2)13(17)15(24)19(8-12(21)22)14(23)10-5-4-6-18(10)11(20)7-16/h9-10,13H,3-8,16-17H2,1-2H3,(H,21,22). The van der Waals surface area contributed by atoms with Gasteiger partial charge in [-0.25, -0.2) is 0 Å². The summed E-state index contributed by atoms with van der Waals surface area (Å²) in [4.78, 5) is 50.1. The zero-order valence-corrected chi connectivity index (χ0v) is 14.1. The third-order valence-corrected chi connectivity index (χ3v) is 4.40. The van der Waals surface area contributed by atoms with Crippen LogP contribution in [0, 0.1) is 5.92 Å². The summed E-state index contributed by atoms with van der Waals surface area (Å²) in [6.07, 6.45) is 1.57. The van der Waals surface area contributed by atoms with Gasteiger partial charge in [0.1, 0.15) is 12.6 Å². The molecule has 0 saturated carbocycles. The number of imide groups is 1. The lowest BCUT2D eigenvalue weighted by Gasteiger charge is -2.30. The smallest absolute Gasteiger partial charge is 0.323 e. The molecule has 24 heavy (non-hydrogen) atoms. The molecule has 5 N–H and O–H groups in total. The zero-order valence-electron chi connectivity index (χ0n) is 14.1. The zero-order chi connectivity index (χ0) is 18.4. The van der Waals surface area contributed by atoms with Crippen molar-refractivity contribution < 1.29 is 24.3 Å². The molecule has 1 fully saturated rings. The molecule has 9 nitrogen and oxygen atoms in total. The third kappa shape index (κ3) is 4.51. The number of carboxylic acids is 1. The van der Waals surface area contributed by atoms with E-state index >= 15 is 0 Å². The predicted octanol–water partition coefficient (Wildman–Crippen LogP) is -1.25. The van der Waals surface area contributed by atoms with Crippen LogP contribution in [-0.2, 0) is 19.2 Å². The maximum absolute atomic E-state index is 12.7. The van der Waals surface area contributed by atoms with Gasteiger partial charge in [0.25, 0.3) is 5.91 Å². The van der Waals surface area contributed by atoms with E-state index in [1.807, 2.05) is 6.92 Å². The summed E-state index contributed by atoms with van der Waals surface area (Å²) in [6, 6.07) is -1.84. The first-order chi connectivity index (χ1) is 11.2. The molecular formula is C15H26N4O5. The molecule has 136 valence electrons. The molecule has 3 amide bonds. The number of carbonyl (C=O) groups excluding carboxylic acids is 3. The van der Waals surface area contributed by atoms with E-state index in [1.54, 1.807) is 6.92 Å². The van der Waals surface area contributed by atoms with Gasteiger partial charge in [0.2, 0.25) is 11.8 Å². The molecule has 0 spiro atoms. The Kier molecular flexibility index (Phi) is 7.30. The van der Waals surface area contributed by atoms with Crippen LogP contribution >= 0.6 is 0 Å². The van der Waals surface area contributed by atoms with Gasteiger partial charge in [0, 0.05) is 6.54 Å². The second kappa shape index (κ2) is 8.74. The monoisotopic (exact) mass is 342 g/mol. The average Bonchev–Trinajstić information content (AvgIpc) is 3.05. The lowest BCUT2D eigenvalue weighted by molar-refractivity contribution is -0.157. The fourth-order valence-electron chi connectivity index (χ4n) is 2.70. The largest absolute Gasteiger partial charge is 0.480 e. The molecule has 0 aliphatic carbocycles. The predicted molar refractivity (Wildman–Crippen MR) is 85.6 cm³/mol. The highest BCUT2D eigenvalue weighted by molar-refractivity contribution is 6.03. The summed E-state index contributed by atoms with van der Waals surface area (Å²) in [5.74, 6) is -3.36. The molecule has 9 heteroatoms. The van der Waals surface area contributed by atoms with E-state index in [-0.39, 0.29) is 12.5 Å². The van der Waals surface area contributed by atoms with Gasteiger partial charge in [0.15, 0.2) is 0 Å². The number of nitrogens with zero attached hydrogens (tertiary/aromatic N) is 2. The normalized spacial score (nSPS) is 19.7. The van der Waals surface area contributed by atoms with Gasteiger partial charge in [-0.05, 0) is 18.8 Å². The Labute approximate surface area is 140 Å². The van der Waals surface area contributed by atoms with Crippen LogP contribution in [0.4, 0.5) is 0 Å². The van der Waals surface area contributed by atoms with Gasteiger partial charge in [-0.3, -0.25) is 24.1 Å². The molecule has 1 saturated heterocycles. The summed E-state index contributed by atoms with van der Waals surface area (Å²) < 4.78 is 0. The van der Waals surface area contributed by atoms with Gasteiger partial charge in [0.05, 0.1) is 12.6 Å². The maximum atomic E-state index is 12.7. The van der Waals surface area contributed by atoms with E-state index in [2.05, 4.69) is 0 Å². The fraction of sp³-hybridized carbons (Fsp3) is 0.733. The third-order valence-electron chi connectivity index (χ3n) is 4.40. The van der Waals surface area contributed by atoms with Crippen molar-refractivity contribution in [3.8, 4) is 0 Å². The molecule has 0 aromatic heterocycles. The first kappa shape index (κ1) is 20.0. The highest BCUT2D eigenvalue weighted by Crippen LogP contribution is 2.20. The number of hydrogen-bond acceptors (Lipinski definition) is 6. The van der Waals surface area contributed by atoms with Gasteiger partial charge in [-0.2, -0.15) is 0 Å². The number of rotatable bonds is 7. The topological polar surface area (TPSA) is 147 Å². The lowest BCUT2D eigenvalue weighted by Crippen LogP contribution is -2.56. The number of amides is 3. The van der Waals surface area contributed by atoms with Crippen LogP contribution in [0.5, 0.6) is 0 Å². The first-order valence-electron chi connectivity index (χ1n) is 8.06. The molecule has 0 bridgehead atoms. The van der Waals surface area contributed by atoms with Crippen molar-refractivity contribution in [2.24, 2.45) is 17.4 Å². The SMILES string of the molecule is CCC(C)C(N)C(=O)N(CC(=O)O)C(=O)C1CCCN1C(=O)CN. The van der Waals surface area contributed by atoms with Crippen molar-refractivity contribution in [1.82, 2.24) is 9.80 Å². The Morgan fingerprint density at radius 3 is 2.46 bits per heavy atom. The number of carbonyl (C=O) groups is 4. The molecule has 1 rings (SSSR count). The maximum Gasteiger partial charge on any atom is 0.323 e. The molecule has 0 radical (unpaired) electrons. The van der Waals surface area contributed by atoms with Crippen molar-refractivity contribution in [3.05, 3.63) is 0 Å². The highest BCUT2D eigenvalue weighted by atomic mass is 16.4. The van der Waals surface area contributed by atoms with Gasteiger partial charge in [-0.15, -0.1) is 0 Å². The minimum absolute atomic E-state index is 0.202. The fourth-order valence-corrected chi connectivity index (χ4v) is 2.70. The van der Waals surface area contributed by atoms with Crippen molar-refractivity contribution >= 4 is 23.7 Å². The molecule has 3 atom stereocenters. The van der Waals surface area contributed by atoms with E-state index < -0.39 is 42.3 Å². The Bertz CT molecular complexity index is 510. The second-order valence-corrected chi connectivity index (χ2v) is 6.02. The van der Waals surface area contributed by atoms with Crippen LogP contribution in [0.1, 0.15) is 33.1 Å². The number of hydrogen-bond donors (Lipinski definition) is 3. The Hall–Kier alpha value is -2.00. The van der Waals surface area contributed by atoms with Crippen molar-refractivity contribution in [1.29, 1.82) is 0 Å². The molecule has 0 aromatic rings. The average molecular weight is 342 g/mol. The minimum atomic E-state index is -1.32. The molecular weight excluding hydrogens is 316 g/mol. The van der Waals surface area contributed by atoms with Gasteiger partial charge < -0.3 is 21.5 Å². The van der Waals surface area contributed by atoms with E-state index in [9.17, 15) is 19.2 Å². The van der Waals surface area contributed by atoms with Crippen molar-refractivity contribution in [3.63, 3.8) is 0 Å². The molecule has 1 aliphatic heterocycles. The highest BCUT2D eigenvalue weighted by Gasteiger charge is 2.40. The first-order valence-corrected chi connectivity index (χ1v) is 8.06. The van der Waals surface area contributed by atoms with Crippen LogP contribution in [0.15, 0.2) is 0 Å². The number of aliphatic carboxylic acids is 1.